The summed E-state index contributed by atoms with van der Waals surface area (Å²) in [5, 5.41) is 8.52. The smallest absolute Gasteiger partial charge is 0.183 e. The minimum Gasteiger partial charge on any atom is -0.254 e. The van der Waals surface area contributed by atoms with Crippen LogP contribution in [0.15, 0.2) is 17.7 Å². The molecule has 4 nitrogen and oxygen atoms in total. The quantitative estimate of drug-likeness (QED) is 0.789. The molecule has 0 saturated carbocycles. The monoisotopic (exact) mass is 212 g/mol. The fraction of sp³-hybridized carbons (Fsp3) is 0.286. The first-order chi connectivity index (χ1) is 6.34. The molecule has 0 bridgehead atoms. The number of nitrogens with zero attached hydrogens (tertiary/aromatic N) is 3. The van der Waals surface area contributed by atoms with Gasteiger partial charge in [-0.3, -0.25) is 5.10 Å². The summed E-state index contributed by atoms with van der Waals surface area (Å²) < 4.78 is 0. The van der Waals surface area contributed by atoms with Gasteiger partial charge in [0.05, 0.1) is 5.75 Å². The van der Waals surface area contributed by atoms with Gasteiger partial charge >= 0.3 is 0 Å². The van der Waals surface area contributed by atoms with Gasteiger partial charge in [-0.05, 0) is 6.92 Å². The van der Waals surface area contributed by atoms with Crippen LogP contribution in [0.2, 0.25) is 0 Å². The van der Waals surface area contributed by atoms with Crippen LogP contribution in [0.25, 0.3) is 0 Å². The second-order valence-electron chi connectivity index (χ2n) is 2.44. The molecule has 0 atom stereocenters. The van der Waals surface area contributed by atoms with Gasteiger partial charge in [0.25, 0.3) is 0 Å². The van der Waals surface area contributed by atoms with E-state index in [1.54, 1.807) is 23.1 Å². The van der Waals surface area contributed by atoms with Gasteiger partial charge in [0, 0.05) is 11.1 Å². The molecule has 0 radical (unpaired) electrons. The summed E-state index contributed by atoms with van der Waals surface area (Å²) in [6, 6.07) is 0. The van der Waals surface area contributed by atoms with Crippen molar-refractivity contribution in [2.24, 2.45) is 0 Å². The van der Waals surface area contributed by atoms with E-state index in [1.807, 2.05) is 6.20 Å². The van der Waals surface area contributed by atoms with Crippen LogP contribution < -0.4 is 0 Å². The Kier molecular flexibility index (Phi) is 2.60. The fourth-order valence-corrected chi connectivity index (χ4v) is 2.43. The highest BCUT2D eigenvalue weighted by molar-refractivity contribution is 7.98. The van der Waals surface area contributed by atoms with Crippen LogP contribution in [0.3, 0.4) is 0 Å². The highest BCUT2D eigenvalue weighted by Gasteiger charge is 2.01. The molecule has 0 aliphatic heterocycles. The molecule has 2 aromatic rings. The number of hydrogen-bond donors (Lipinski definition) is 1. The lowest BCUT2D eigenvalue weighted by atomic mass is 10.6. The Labute approximate surface area is 83.8 Å². The molecule has 0 aliphatic carbocycles. The Morgan fingerprint density at radius 3 is 3.08 bits per heavy atom. The zero-order chi connectivity index (χ0) is 9.10. The third kappa shape index (κ3) is 2.28. The summed E-state index contributed by atoms with van der Waals surface area (Å²) in [6.07, 6.45) is 3.40. The summed E-state index contributed by atoms with van der Waals surface area (Å²) in [7, 11) is 0. The highest BCUT2D eigenvalue weighted by atomic mass is 32.2. The van der Waals surface area contributed by atoms with Crippen LogP contribution in [0.5, 0.6) is 0 Å². The summed E-state index contributed by atoms with van der Waals surface area (Å²) >= 11 is 3.33. The fourth-order valence-electron chi connectivity index (χ4n) is 0.862. The first-order valence-corrected chi connectivity index (χ1v) is 5.54. The molecular weight excluding hydrogens is 204 g/mol. The van der Waals surface area contributed by atoms with Crippen molar-refractivity contribution in [3.63, 3.8) is 0 Å². The van der Waals surface area contributed by atoms with Crippen molar-refractivity contribution in [1.82, 2.24) is 20.2 Å². The van der Waals surface area contributed by atoms with Crippen molar-refractivity contribution in [3.8, 4) is 0 Å². The topological polar surface area (TPSA) is 54.5 Å². The van der Waals surface area contributed by atoms with Crippen molar-refractivity contribution in [1.29, 1.82) is 0 Å². The second-order valence-corrected chi connectivity index (χ2v) is 4.73. The van der Waals surface area contributed by atoms with Gasteiger partial charge in [-0.15, -0.1) is 11.3 Å². The molecule has 2 heterocycles. The van der Waals surface area contributed by atoms with E-state index in [0.29, 0.717) is 0 Å². The molecule has 0 aromatic carbocycles. The second kappa shape index (κ2) is 3.89. The molecule has 2 aromatic heterocycles. The highest BCUT2D eigenvalue weighted by Crippen LogP contribution is 2.21. The van der Waals surface area contributed by atoms with E-state index in [1.165, 1.54) is 11.2 Å². The molecule has 13 heavy (non-hydrogen) atoms. The molecule has 0 saturated heterocycles. The Morgan fingerprint density at radius 2 is 2.46 bits per heavy atom. The molecule has 0 amide bonds. The SMILES string of the molecule is Cc1cnc(CSc2ncn[nH]2)s1. The number of nitrogens with one attached hydrogen (secondary N) is 1. The largest absolute Gasteiger partial charge is 0.254 e. The Balaban J connectivity index is 1.93. The standard InChI is InChI=1S/C7H8N4S2/c1-5-2-8-6(13-5)3-12-7-9-4-10-11-7/h2,4H,3H2,1H3,(H,9,10,11). The zero-order valence-electron chi connectivity index (χ0n) is 7.02. The number of thioether (sulfide) groups is 1. The van der Waals surface area contributed by atoms with Crippen LogP contribution in [-0.2, 0) is 5.75 Å². The molecule has 0 unspecified atom stereocenters. The third-order valence-electron chi connectivity index (χ3n) is 1.39. The molecule has 1 N–H and O–H groups in total. The lowest BCUT2D eigenvalue weighted by molar-refractivity contribution is 0.972. The van der Waals surface area contributed by atoms with Crippen molar-refractivity contribution in [2.45, 2.75) is 17.8 Å². The summed E-state index contributed by atoms with van der Waals surface area (Å²) in [6.45, 7) is 2.06. The summed E-state index contributed by atoms with van der Waals surface area (Å²) in [4.78, 5) is 9.51. The molecule has 6 heteroatoms. The van der Waals surface area contributed by atoms with Gasteiger partial charge in [-0.25, -0.2) is 9.97 Å². The molecule has 0 aliphatic rings. The van der Waals surface area contributed by atoms with E-state index >= 15 is 0 Å². The molecule has 68 valence electrons. The molecular formula is C7H8N4S2. The van der Waals surface area contributed by atoms with E-state index < -0.39 is 0 Å². The molecule has 0 spiro atoms. The third-order valence-corrected chi connectivity index (χ3v) is 3.38. The molecule has 0 fully saturated rings. The summed E-state index contributed by atoms with van der Waals surface area (Å²) in [5.74, 6) is 0.855. The van der Waals surface area contributed by atoms with E-state index in [0.717, 1.165) is 15.9 Å². The van der Waals surface area contributed by atoms with Gasteiger partial charge < -0.3 is 0 Å². The number of aromatic amines is 1. The van der Waals surface area contributed by atoms with E-state index in [9.17, 15) is 0 Å². The van der Waals surface area contributed by atoms with Crippen LogP contribution in [0.1, 0.15) is 9.88 Å². The maximum atomic E-state index is 4.25. The van der Waals surface area contributed by atoms with E-state index in [4.69, 9.17) is 0 Å². The van der Waals surface area contributed by atoms with Gasteiger partial charge in [0.2, 0.25) is 0 Å². The number of rotatable bonds is 3. The first kappa shape index (κ1) is 8.71. The van der Waals surface area contributed by atoms with Crippen molar-refractivity contribution in [2.75, 3.05) is 0 Å². The van der Waals surface area contributed by atoms with Crippen LogP contribution in [0, 0.1) is 6.92 Å². The maximum Gasteiger partial charge on any atom is 0.183 e. The number of aryl methyl sites for hydroxylation is 1. The van der Waals surface area contributed by atoms with Crippen LogP contribution >= 0.6 is 23.1 Å². The zero-order valence-corrected chi connectivity index (χ0v) is 8.65. The van der Waals surface area contributed by atoms with Crippen molar-refractivity contribution < 1.29 is 0 Å². The lowest BCUT2D eigenvalue weighted by Gasteiger charge is -1.91. The predicted molar refractivity (Wildman–Crippen MR) is 52.8 cm³/mol. The van der Waals surface area contributed by atoms with Gasteiger partial charge in [0.15, 0.2) is 5.16 Å². The number of thiazole rings is 1. The average molecular weight is 212 g/mol. The Hall–Kier alpha value is -0.880. The van der Waals surface area contributed by atoms with Crippen molar-refractivity contribution >= 4 is 23.1 Å². The average Bonchev–Trinajstić information content (AvgIpc) is 2.71. The lowest BCUT2D eigenvalue weighted by Crippen LogP contribution is -1.79. The molecule has 2 rings (SSSR count). The van der Waals surface area contributed by atoms with Crippen LogP contribution in [0.4, 0.5) is 0 Å². The minimum absolute atomic E-state index is 0.841. The van der Waals surface area contributed by atoms with E-state index in [-0.39, 0.29) is 0 Å². The maximum absolute atomic E-state index is 4.25. The minimum atomic E-state index is 0.841. The van der Waals surface area contributed by atoms with Crippen LogP contribution in [-0.4, -0.2) is 20.2 Å². The number of hydrogen-bond acceptors (Lipinski definition) is 5. The normalized spacial score (nSPS) is 10.5. The predicted octanol–water partition coefficient (Wildman–Crippen LogP) is 1.86. The van der Waals surface area contributed by atoms with Gasteiger partial charge in [-0.2, -0.15) is 5.10 Å². The van der Waals surface area contributed by atoms with Gasteiger partial charge in [0.1, 0.15) is 11.3 Å². The summed E-state index contributed by atoms with van der Waals surface area (Å²) in [5.41, 5.74) is 0. The Morgan fingerprint density at radius 1 is 1.54 bits per heavy atom. The first-order valence-electron chi connectivity index (χ1n) is 3.74. The van der Waals surface area contributed by atoms with E-state index in [2.05, 4.69) is 27.1 Å². The number of aromatic nitrogens is 4. The number of H-pyrrole nitrogens is 1. The Bertz CT molecular complexity index is 368. The van der Waals surface area contributed by atoms with Crippen molar-refractivity contribution in [3.05, 3.63) is 22.4 Å². The van der Waals surface area contributed by atoms with Gasteiger partial charge in [-0.1, -0.05) is 11.8 Å².